The molecule has 2 aromatic carbocycles. The molecule has 1 N–H and O–H groups in total. The number of hydrogen-bond acceptors (Lipinski definition) is 8. The number of para-hydroxylation sites is 1. The summed E-state index contributed by atoms with van der Waals surface area (Å²) in [6.07, 6.45) is 0. The number of rotatable bonds is 2. The Hall–Kier alpha value is -4.76. The minimum atomic E-state index is -1.07. The number of Topliss-reactive ketones (excluding diaryl/α,β-unsaturated/α-hetero) is 2. The van der Waals surface area contributed by atoms with Crippen molar-refractivity contribution in [2.45, 2.75) is 0 Å². The number of aromatic nitrogens is 1. The van der Waals surface area contributed by atoms with Crippen molar-refractivity contribution in [2.24, 2.45) is 0 Å². The van der Waals surface area contributed by atoms with E-state index in [1.54, 1.807) is 36.4 Å². The number of methoxy groups -OCH3 is 2. The summed E-state index contributed by atoms with van der Waals surface area (Å²) < 4.78 is 9.61. The first kappa shape index (κ1) is 19.6. The second kappa shape index (κ2) is 6.94. The smallest absolute Gasteiger partial charge is 0.340 e. The summed E-state index contributed by atoms with van der Waals surface area (Å²) in [6.45, 7) is 0. The van der Waals surface area contributed by atoms with Crippen LogP contribution < -0.4 is 0 Å². The van der Waals surface area contributed by atoms with Crippen molar-refractivity contribution in [1.29, 1.82) is 10.5 Å². The third-order valence-electron chi connectivity index (χ3n) is 5.12. The first-order valence-electron chi connectivity index (χ1n) is 8.82. The SMILES string of the molecule is COC(=O)c1c2c(c3c([nH]c4ccccc43)c1C(=O)OC)C(=O)C(C#N)=C(C#N)C2=O. The summed E-state index contributed by atoms with van der Waals surface area (Å²) in [6, 6.07) is 9.90. The Bertz CT molecular complexity index is 1490. The van der Waals surface area contributed by atoms with Gasteiger partial charge in [-0.1, -0.05) is 18.2 Å². The molecule has 1 aromatic heterocycles. The highest BCUT2D eigenvalue weighted by atomic mass is 16.5. The Kier molecular flexibility index (Phi) is 4.37. The lowest BCUT2D eigenvalue weighted by atomic mass is 9.78. The summed E-state index contributed by atoms with van der Waals surface area (Å²) in [5.74, 6) is -3.94. The van der Waals surface area contributed by atoms with Crippen LogP contribution in [0.5, 0.6) is 0 Å². The summed E-state index contributed by atoms with van der Waals surface area (Å²) in [7, 11) is 2.14. The van der Waals surface area contributed by atoms with Crippen molar-refractivity contribution in [1.82, 2.24) is 4.98 Å². The molecule has 0 bridgehead atoms. The maximum absolute atomic E-state index is 13.3. The van der Waals surface area contributed by atoms with Crippen LogP contribution in [-0.2, 0) is 9.47 Å². The standard InChI is InChI=1S/C22H11N3O6/c1-30-21(28)16-15-14(19(26)10(7-23)11(8-24)20(15)27)13-9-5-3-4-6-12(9)25-18(13)17(16)22(29)31-2/h3-6,25H,1-2H3. The lowest BCUT2D eigenvalue weighted by Gasteiger charge is -2.20. The Morgan fingerprint density at radius 2 is 1.42 bits per heavy atom. The summed E-state index contributed by atoms with van der Waals surface area (Å²) in [5.41, 5.74) is -2.28. The number of carbonyl (C=O) groups excluding carboxylic acids is 4. The van der Waals surface area contributed by atoms with Crippen molar-refractivity contribution in [3.63, 3.8) is 0 Å². The molecule has 0 saturated carbocycles. The molecule has 0 amide bonds. The number of fused-ring (bicyclic) bond motifs is 5. The van der Waals surface area contributed by atoms with Gasteiger partial charge < -0.3 is 14.5 Å². The Morgan fingerprint density at radius 3 is 2.00 bits per heavy atom. The van der Waals surface area contributed by atoms with E-state index < -0.39 is 45.8 Å². The molecule has 150 valence electrons. The lowest BCUT2D eigenvalue weighted by Crippen LogP contribution is -2.27. The number of nitrogens with one attached hydrogen (secondary N) is 1. The van der Waals surface area contributed by atoms with Gasteiger partial charge in [-0.2, -0.15) is 10.5 Å². The fourth-order valence-electron chi connectivity index (χ4n) is 3.85. The predicted molar refractivity (Wildman–Crippen MR) is 105 cm³/mol. The van der Waals surface area contributed by atoms with E-state index in [9.17, 15) is 29.7 Å². The molecule has 9 heteroatoms. The highest BCUT2D eigenvalue weighted by Crippen LogP contribution is 2.41. The minimum absolute atomic E-state index is 0.0750. The van der Waals surface area contributed by atoms with Crippen LogP contribution >= 0.6 is 0 Å². The Morgan fingerprint density at radius 1 is 0.871 bits per heavy atom. The number of allylic oxidation sites excluding steroid dienone is 2. The molecule has 9 nitrogen and oxygen atoms in total. The third-order valence-corrected chi connectivity index (χ3v) is 5.12. The number of hydrogen-bond donors (Lipinski definition) is 1. The van der Waals surface area contributed by atoms with Crippen LogP contribution in [0.25, 0.3) is 21.8 Å². The van der Waals surface area contributed by atoms with Gasteiger partial charge >= 0.3 is 11.9 Å². The van der Waals surface area contributed by atoms with E-state index in [2.05, 4.69) is 4.98 Å². The number of nitriles is 2. The van der Waals surface area contributed by atoms with Gasteiger partial charge in [0.25, 0.3) is 0 Å². The van der Waals surface area contributed by atoms with Crippen LogP contribution in [0.15, 0.2) is 35.4 Å². The molecule has 0 unspecified atom stereocenters. The highest BCUT2D eigenvalue weighted by Gasteiger charge is 2.41. The predicted octanol–water partition coefficient (Wildman–Crippen LogP) is 2.62. The van der Waals surface area contributed by atoms with Crippen LogP contribution in [0.4, 0.5) is 0 Å². The van der Waals surface area contributed by atoms with Crippen LogP contribution in [0.1, 0.15) is 41.4 Å². The molecule has 4 rings (SSSR count). The number of aromatic amines is 1. The molecular formula is C22H11N3O6. The number of esters is 2. The molecule has 1 heterocycles. The van der Waals surface area contributed by atoms with Crippen LogP contribution in [0.2, 0.25) is 0 Å². The van der Waals surface area contributed by atoms with Crippen molar-refractivity contribution >= 4 is 45.3 Å². The molecule has 31 heavy (non-hydrogen) atoms. The van der Waals surface area contributed by atoms with E-state index in [4.69, 9.17) is 9.47 Å². The van der Waals surface area contributed by atoms with Crippen molar-refractivity contribution < 1.29 is 28.7 Å². The number of ketones is 2. The van der Waals surface area contributed by atoms with E-state index in [0.717, 1.165) is 14.2 Å². The monoisotopic (exact) mass is 413 g/mol. The summed E-state index contributed by atoms with van der Waals surface area (Å²) in [4.78, 5) is 54.9. The molecule has 1 aliphatic rings. The molecule has 0 spiro atoms. The lowest BCUT2D eigenvalue weighted by molar-refractivity contribution is 0.0555. The van der Waals surface area contributed by atoms with Gasteiger partial charge in [0.05, 0.1) is 36.4 Å². The second-order valence-corrected chi connectivity index (χ2v) is 6.54. The largest absolute Gasteiger partial charge is 0.465 e. The van der Waals surface area contributed by atoms with Gasteiger partial charge in [0.2, 0.25) is 11.6 Å². The molecule has 3 aromatic rings. The summed E-state index contributed by atoms with van der Waals surface area (Å²) in [5, 5.41) is 19.5. The molecule has 0 radical (unpaired) electrons. The fourth-order valence-corrected chi connectivity index (χ4v) is 3.85. The van der Waals surface area contributed by atoms with Gasteiger partial charge in [-0.25, -0.2) is 9.59 Å². The number of carbonyl (C=O) groups is 4. The number of ether oxygens (including phenoxy) is 2. The first-order valence-corrected chi connectivity index (χ1v) is 8.82. The van der Waals surface area contributed by atoms with Gasteiger partial charge in [0.1, 0.15) is 23.3 Å². The summed E-state index contributed by atoms with van der Waals surface area (Å²) >= 11 is 0. The van der Waals surface area contributed by atoms with Crippen molar-refractivity contribution in [2.75, 3.05) is 14.2 Å². The van der Waals surface area contributed by atoms with E-state index in [1.165, 1.54) is 0 Å². The second-order valence-electron chi connectivity index (χ2n) is 6.54. The number of benzene rings is 2. The zero-order chi connectivity index (χ0) is 22.4. The molecule has 0 atom stereocenters. The highest BCUT2D eigenvalue weighted by molar-refractivity contribution is 6.39. The molecular weight excluding hydrogens is 402 g/mol. The minimum Gasteiger partial charge on any atom is -0.465 e. The average molecular weight is 413 g/mol. The van der Waals surface area contributed by atoms with Crippen molar-refractivity contribution in [3.05, 3.63) is 57.7 Å². The van der Waals surface area contributed by atoms with Crippen LogP contribution in [-0.4, -0.2) is 42.7 Å². The number of H-pyrrole nitrogens is 1. The van der Waals surface area contributed by atoms with E-state index >= 15 is 0 Å². The van der Waals surface area contributed by atoms with E-state index in [-0.39, 0.29) is 22.0 Å². The Balaban J connectivity index is 2.37. The van der Waals surface area contributed by atoms with E-state index in [1.807, 2.05) is 0 Å². The van der Waals surface area contributed by atoms with Crippen LogP contribution in [0.3, 0.4) is 0 Å². The average Bonchev–Trinajstić information content (AvgIpc) is 3.17. The first-order chi connectivity index (χ1) is 14.9. The Labute approximate surface area is 174 Å². The fraction of sp³-hybridized carbons (Fsp3) is 0.0909. The zero-order valence-electron chi connectivity index (χ0n) is 16.2. The molecule has 0 saturated heterocycles. The van der Waals surface area contributed by atoms with Gasteiger partial charge in [0.15, 0.2) is 0 Å². The van der Waals surface area contributed by atoms with Gasteiger partial charge in [-0.15, -0.1) is 0 Å². The maximum Gasteiger partial charge on any atom is 0.340 e. The van der Waals surface area contributed by atoms with Gasteiger partial charge in [-0.3, -0.25) is 9.59 Å². The maximum atomic E-state index is 13.3. The van der Waals surface area contributed by atoms with Crippen molar-refractivity contribution in [3.8, 4) is 12.1 Å². The quantitative estimate of drug-likeness (QED) is 0.630. The van der Waals surface area contributed by atoms with Crippen LogP contribution in [0, 0.1) is 22.7 Å². The number of nitrogens with zero attached hydrogens (tertiary/aromatic N) is 2. The van der Waals surface area contributed by atoms with E-state index in [0.29, 0.717) is 10.9 Å². The van der Waals surface area contributed by atoms with Gasteiger partial charge in [0, 0.05) is 21.9 Å². The third kappa shape index (κ3) is 2.47. The normalized spacial score (nSPS) is 13.0. The van der Waals surface area contributed by atoms with Gasteiger partial charge in [-0.05, 0) is 6.07 Å². The molecule has 1 aliphatic carbocycles. The molecule has 0 aliphatic heterocycles. The topological polar surface area (TPSA) is 150 Å². The molecule has 0 fully saturated rings. The zero-order valence-corrected chi connectivity index (χ0v) is 16.2.